The van der Waals surface area contributed by atoms with Crippen molar-refractivity contribution in [1.82, 2.24) is 24.7 Å². The van der Waals surface area contributed by atoms with Crippen LogP contribution >= 0.6 is 11.6 Å². The molecule has 0 spiro atoms. The predicted octanol–water partition coefficient (Wildman–Crippen LogP) is 4.44. The van der Waals surface area contributed by atoms with Crippen molar-refractivity contribution < 1.29 is 14.3 Å². The largest absolute Gasteiger partial charge is 0.497 e. The van der Waals surface area contributed by atoms with Gasteiger partial charge in [0.05, 0.1) is 37.4 Å². The number of amides is 1. The standard InChI is InChI=1S/C31H39ClN8O3/c1-37-13-15-39(16-14-37)20-9-11-40(12-10-20)26-8-7-25(28-22(26)19-38(2)30(28)41)34-29-23(32)18-33-31(36-29)35-24-6-5-21(42-3)17-27(24)43-4/h5-8,17-18,20H,9-16,19H2,1-4H3,(H2,33,34,35,36). The third kappa shape index (κ3) is 6.02. The minimum Gasteiger partial charge on any atom is -0.497 e. The van der Waals surface area contributed by atoms with E-state index in [0.29, 0.717) is 57.8 Å². The second-order valence-corrected chi connectivity index (χ2v) is 11.8. The monoisotopic (exact) mass is 606 g/mol. The molecule has 3 aromatic rings. The average molecular weight is 607 g/mol. The fourth-order valence-electron chi connectivity index (χ4n) is 6.27. The van der Waals surface area contributed by atoms with Crippen molar-refractivity contribution in [3.05, 3.63) is 52.7 Å². The zero-order valence-corrected chi connectivity index (χ0v) is 25.9. The maximum Gasteiger partial charge on any atom is 0.256 e. The zero-order valence-electron chi connectivity index (χ0n) is 25.2. The number of hydrogen-bond donors (Lipinski definition) is 2. The molecule has 2 aromatic carbocycles. The number of piperidine rings is 1. The summed E-state index contributed by atoms with van der Waals surface area (Å²) in [4.78, 5) is 31.6. The van der Waals surface area contributed by atoms with Gasteiger partial charge in [-0.15, -0.1) is 0 Å². The van der Waals surface area contributed by atoms with Gasteiger partial charge in [0.15, 0.2) is 5.82 Å². The Balaban J connectivity index is 1.21. The van der Waals surface area contributed by atoms with Gasteiger partial charge >= 0.3 is 0 Å². The number of piperazine rings is 1. The minimum absolute atomic E-state index is 0.0156. The summed E-state index contributed by atoms with van der Waals surface area (Å²) >= 11 is 6.54. The second-order valence-electron chi connectivity index (χ2n) is 11.4. The third-order valence-electron chi connectivity index (χ3n) is 8.76. The Kier molecular flexibility index (Phi) is 8.47. The number of nitrogens with one attached hydrogen (secondary N) is 2. The van der Waals surface area contributed by atoms with Crippen molar-refractivity contribution in [2.75, 3.05) is 83.1 Å². The van der Waals surface area contributed by atoms with Gasteiger partial charge in [-0.3, -0.25) is 9.69 Å². The molecular formula is C31H39ClN8O3. The number of fused-ring (bicyclic) bond motifs is 1. The highest BCUT2D eigenvalue weighted by Gasteiger charge is 2.34. The highest BCUT2D eigenvalue weighted by molar-refractivity contribution is 6.33. The van der Waals surface area contributed by atoms with Gasteiger partial charge in [0.25, 0.3) is 5.91 Å². The van der Waals surface area contributed by atoms with Crippen molar-refractivity contribution in [2.45, 2.75) is 25.4 Å². The quantitative estimate of drug-likeness (QED) is 0.383. The van der Waals surface area contributed by atoms with E-state index in [1.807, 2.05) is 25.2 Å². The molecule has 0 radical (unpaired) electrons. The van der Waals surface area contributed by atoms with E-state index in [2.05, 4.69) is 48.4 Å². The molecule has 43 heavy (non-hydrogen) atoms. The van der Waals surface area contributed by atoms with Crippen LogP contribution in [0.1, 0.15) is 28.8 Å². The molecule has 1 aromatic heterocycles. The number of rotatable bonds is 8. The van der Waals surface area contributed by atoms with E-state index in [0.717, 1.165) is 63.4 Å². The fraction of sp³-hybridized carbons (Fsp3) is 0.452. The van der Waals surface area contributed by atoms with Gasteiger partial charge in [-0.25, -0.2) is 4.98 Å². The van der Waals surface area contributed by atoms with Crippen LogP contribution in [0.4, 0.5) is 28.8 Å². The molecule has 12 heteroatoms. The van der Waals surface area contributed by atoms with Crippen molar-refractivity contribution in [2.24, 2.45) is 0 Å². The number of carbonyl (C=O) groups is 1. The molecule has 0 bridgehead atoms. The zero-order chi connectivity index (χ0) is 30.1. The maximum atomic E-state index is 13.4. The summed E-state index contributed by atoms with van der Waals surface area (Å²) < 4.78 is 10.8. The minimum atomic E-state index is -0.0156. The molecule has 228 valence electrons. The summed E-state index contributed by atoms with van der Waals surface area (Å²) in [7, 11) is 7.23. The molecule has 0 aliphatic carbocycles. The molecule has 3 aliphatic rings. The maximum absolute atomic E-state index is 13.4. The lowest BCUT2D eigenvalue weighted by Gasteiger charge is -2.43. The lowest BCUT2D eigenvalue weighted by Crippen LogP contribution is -2.52. The van der Waals surface area contributed by atoms with Crippen LogP contribution in [0.3, 0.4) is 0 Å². The van der Waals surface area contributed by atoms with Crippen LogP contribution in [-0.2, 0) is 6.54 Å². The van der Waals surface area contributed by atoms with Gasteiger partial charge < -0.3 is 34.8 Å². The molecule has 0 atom stereocenters. The SMILES string of the molecule is COc1ccc(Nc2ncc(Cl)c(Nc3ccc(N4CCC(N5CCN(C)CC5)CC4)c4c3C(=O)N(C)C4)n2)c(OC)c1. The Bertz CT molecular complexity index is 1490. The summed E-state index contributed by atoms with van der Waals surface area (Å²) in [6.45, 7) is 7.10. The van der Waals surface area contributed by atoms with Gasteiger partial charge in [0.1, 0.15) is 16.5 Å². The van der Waals surface area contributed by atoms with Crippen LogP contribution in [0, 0.1) is 0 Å². The van der Waals surface area contributed by atoms with Crippen LogP contribution in [0.25, 0.3) is 0 Å². The van der Waals surface area contributed by atoms with Gasteiger partial charge in [-0.1, -0.05) is 11.6 Å². The first-order valence-electron chi connectivity index (χ1n) is 14.7. The molecule has 0 unspecified atom stereocenters. The van der Waals surface area contributed by atoms with Gasteiger partial charge in [0, 0.05) is 76.2 Å². The first-order valence-corrected chi connectivity index (χ1v) is 15.1. The Morgan fingerprint density at radius 3 is 2.40 bits per heavy atom. The van der Waals surface area contributed by atoms with Gasteiger partial charge in [0.2, 0.25) is 5.95 Å². The Morgan fingerprint density at radius 2 is 1.67 bits per heavy atom. The number of nitrogens with zero attached hydrogens (tertiary/aromatic N) is 6. The average Bonchev–Trinajstić information content (AvgIpc) is 3.33. The summed E-state index contributed by atoms with van der Waals surface area (Å²) in [5.74, 6) is 1.97. The van der Waals surface area contributed by atoms with Crippen LogP contribution in [0.15, 0.2) is 36.5 Å². The first-order chi connectivity index (χ1) is 20.8. The van der Waals surface area contributed by atoms with Crippen molar-refractivity contribution in [1.29, 1.82) is 0 Å². The van der Waals surface area contributed by atoms with Crippen molar-refractivity contribution >= 4 is 46.3 Å². The number of carbonyl (C=O) groups excluding carboxylic acids is 1. The van der Waals surface area contributed by atoms with Crippen LogP contribution in [-0.4, -0.2) is 104 Å². The molecule has 11 nitrogen and oxygen atoms in total. The van der Waals surface area contributed by atoms with Crippen LogP contribution in [0.5, 0.6) is 11.5 Å². The molecular weight excluding hydrogens is 568 g/mol. The number of benzene rings is 2. The van der Waals surface area contributed by atoms with Crippen LogP contribution < -0.4 is 25.0 Å². The molecule has 2 N–H and O–H groups in total. The Morgan fingerprint density at radius 1 is 0.930 bits per heavy atom. The lowest BCUT2D eigenvalue weighted by atomic mass is 9.99. The lowest BCUT2D eigenvalue weighted by molar-refractivity contribution is 0.0817. The number of methoxy groups -OCH3 is 2. The van der Waals surface area contributed by atoms with Crippen LogP contribution in [0.2, 0.25) is 5.02 Å². The molecule has 2 saturated heterocycles. The molecule has 3 aliphatic heterocycles. The number of aromatic nitrogens is 2. The van der Waals surface area contributed by atoms with Gasteiger partial charge in [-0.2, -0.15) is 4.98 Å². The van der Waals surface area contributed by atoms with E-state index in [9.17, 15) is 4.79 Å². The Labute approximate surface area is 257 Å². The topological polar surface area (TPSA) is 98.3 Å². The van der Waals surface area contributed by atoms with E-state index in [4.69, 9.17) is 21.1 Å². The third-order valence-corrected chi connectivity index (χ3v) is 9.03. The Hall–Kier alpha value is -3.80. The number of anilines is 5. The number of hydrogen-bond acceptors (Lipinski definition) is 10. The number of likely N-dealkylation sites (N-methyl/N-ethyl adjacent to an activating group) is 1. The second kappa shape index (κ2) is 12.4. The van der Waals surface area contributed by atoms with E-state index in [1.54, 1.807) is 25.2 Å². The molecule has 6 rings (SSSR count). The summed E-state index contributed by atoms with van der Waals surface area (Å²) in [5.41, 5.74) is 4.20. The highest BCUT2D eigenvalue weighted by atomic mass is 35.5. The predicted molar refractivity (Wildman–Crippen MR) is 170 cm³/mol. The van der Waals surface area contributed by atoms with E-state index < -0.39 is 0 Å². The van der Waals surface area contributed by atoms with E-state index >= 15 is 0 Å². The van der Waals surface area contributed by atoms with E-state index in [1.165, 1.54) is 6.20 Å². The number of ether oxygens (including phenoxy) is 2. The van der Waals surface area contributed by atoms with Crippen molar-refractivity contribution in [3.8, 4) is 11.5 Å². The molecule has 2 fully saturated rings. The summed E-state index contributed by atoms with van der Waals surface area (Å²) in [6, 6.07) is 10.2. The van der Waals surface area contributed by atoms with Crippen molar-refractivity contribution in [3.63, 3.8) is 0 Å². The fourth-order valence-corrected chi connectivity index (χ4v) is 6.40. The molecule has 1 amide bonds. The summed E-state index contributed by atoms with van der Waals surface area (Å²) in [5, 5.41) is 6.86. The van der Waals surface area contributed by atoms with E-state index in [-0.39, 0.29) is 5.91 Å². The normalized spacial score (nSPS) is 18.1. The highest BCUT2D eigenvalue weighted by Crippen LogP contribution is 2.39. The van der Waals surface area contributed by atoms with Gasteiger partial charge in [-0.05, 0) is 44.2 Å². The number of halogens is 1. The first kappa shape index (κ1) is 29.3. The molecule has 4 heterocycles. The summed E-state index contributed by atoms with van der Waals surface area (Å²) in [6.07, 6.45) is 3.80. The molecule has 0 saturated carbocycles. The smallest absolute Gasteiger partial charge is 0.256 e.